The van der Waals surface area contributed by atoms with Crippen LogP contribution in [0.4, 0.5) is 0 Å². The smallest absolute Gasteiger partial charge is 0.220 e. The molecular formula is C92H163NO13. The van der Waals surface area contributed by atoms with E-state index in [2.05, 4.69) is 116 Å². The molecule has 0 aliphatic carbocycles. The average molecular weight is 1490 g/mol. The van der Waals surface area contributed by atoms with Crippen LogP contribution in [0.2, 0.25) is 0 Å². The Labute approximate surface area is 648 Å². The molecule has 2 fully saturated rings. The molecule has 9 N–H and O–H groups in total. The van der Waals surface area contributed by atoms with E-state index in [4.69, 9.17) is 18.9 Å². The number of nitrogens with one attached hydrogen (secondary N) is 1. The lowest BCUT2D eigenvalue weighted by molar-refractivity contribution is -0.359. The van der Waals surface area contributed by atoms with Crippen molar-refractivity contribution in [2.24, 2.45) is 0 Å². The maximum absolute atomic E-state index is 13.4. The lowest BCUT2D eigenvalue weighted by atomic mass is 9.97. The molecule has 2 aliphatic heterocycles. The molecule has 0 saturated carbocycles. The van der Waals surface area contributed by atoms with Crippen LogP contribution < -0.4 is 5.32 Å². The van der Waals surface area contributed by atoms with Crippen LogP contribution in [0.3, 0.4) is 0 Å². The van der Waals surface area contributed by atoms with Crippen molar-refractivity contribution in [2.75, 3.05) is 19.8 Å². The molecule has 2 saturated heterocycles. The van der Waals surface area contributed by atoms with Crippen LogP contribution in [0.1, 0.15) is 373 Å². The number of hydrogen-bond donors (Lipinski definition) is 9. The highest BCUT2D eigenvalue weighted by Crippen LogP contribution is 2.30. The number of unbranched alkanes of at least 4 members (excludes halogenated alkanes) is 45. The number of carbonyl (C=O) groups excluding carboxylic acids is 1. The molecule has 0 radical (unpaired) electrons. The molecule has 14 nitrogen and oxygen atoms in total. The van der Waals surface area contributed by atoms with Gasteiger partial charge < -0.3 is 65.1 Å². The summed E-state index contributed by atoms with van der Waals surface area (Å²) in [5.41, 5.74) is 0. The molecule has 2 rings (SSSR count). The summed E-state index contributed by atoms with van der Waals surface area (Å²) >= 11 is 0. The summed E-state index contributed by atoms with van der Waals surface area (Å²) in [5.74, 6) is -0.245. The minimum Gasteiger partial charge on any atom is -0.394 e. The first-order valence-electron chi connectivity index (χ1n) is 44.1. The van der Waals surface area contributed by atoms with Gasteiger partial charge in [0.05, 0.1) is 32.0 Å². The summed E-state index contributed by atoms with van der Waals surface area (Å²) in [6, 6.07) is -0.938. The van der Waals surface area contributed by atoms with Gasteiger partial charge in [-0.25, -0.2) is 0 Å². The predicted octanol–water partition coefficient (Wildman–Crippen LogP) is 21.4. The highest BCUT2D eigenvalue weighted by molar-refractivity contribution is 5.76. The molecule has 0 bridgehead atoms. The third kappa shape index (κ3) is 56.0. The van der Waals surface area contributed by atoms with Gasteiger partial charge in [-0.05, 0) is 89.9 Å². The van der Waals surface area contributed by atoms with E-state index in [1.165, 1.54) is 263 Å². The summed E-state index contributed by atoms with van der Waals surface area (Å²) in [7, 11) is 0. The number of rotatable bonds is 74. The van der Waals surface area contributed by atoms with Crippen molar-refractivity contribution in [3.05, 3.63) is 109 Å². The van der Waals surface area contributed by atoms with Crippen LogP contribution in [0.15, 0.2) is 109 Å². The van der Waals surface area contributed by atoms with Crippen LogP contribution in [0.5, 0.6) is 0 Å². The largest absolute Gasteiger partial charge is 0.394 e. The lowest BCUT2D eigenvalue weighted by Crippen LogP contribution is -2.65. The second-order valence-corrected chi connectivity index (χ2v) is 30.6. The highest BCUT2D eigenvalue weighted by Gasteiger charge is 2.51. The van der Waals surface area contributed by atoms with Crippen molar-refractivity contribution in [2.45, 2.75) is 447 Å². The first-order valence-corrected chi connectivity index (χ1v) is 44.1. The third-order valence-corrected chi connectivity index (χ3v) is 20.9. The molecule has 106 heavy (non-hydrogen) atoms. The van der Waals surface area contributed by atoms with Crippen LogP contribution in [0.25, 0.3) is 0 Å². The maximum atomic E-state index is 13.4. The van der Waals surface area contributed by atoms with Crippen LogP contribution in [-0.2, 0) is 23.7 Å². The quantitative estimate of drug-likeness (QED) is 0.0204. The summed E-state index contributed by atoms with van der Waals surface area (Å²) in [6.45, 7) is 2.72. The summed E-state index contributed by atoms with van der Waals surface area (Å²) in [4.78, 5) is 13.4. The number of ether oxygens (including phenoxy) is 4. The van der Waals surface area contributed by atoms with Gasteiger partial charge in [0, 0.05) is 6.42 Å². The van der Waals surface area contributed by atoms with E-state index in [1.54, 1.807) is 6.08 Å². The number of carbonyl (C=O) groups is 1. The molecule has 0 aromatic carbocycles. The van der Waals surface area contributed by atoms with Gasteiger partial charge in [-0.1, -0.05) is 386 Å². The minimum atomic E-state index is -1.80. The molecule has 12 atom stereocenters. The lowest BCUT2D eigenvalue weighted by Gasteiger charge is -2.46. The van der Waals surface area contributed by atoms with Gasteiger partial charge in [0.25, 0.3) is 0 Å². The monoisotopic (exact) mass is 1490 g/mol. The molecule has 14 heteroatoms. The Balaban J connectivity index is 1.58. The SMILES string of the molecule is CC/C=C\C/C=C\C/C=C\C/C=C\C/C=C\C/C=C\C/C=C\CCCCCCCCCCCCCCCCCCCCCC(=O)NC(COC1OC(CO)C(OC2OC(CO)C(O)C(O)C2O)C(O)C1O)C(O)/C=C/CC/C=C/CCCCCCCCCCCCCCCCCCCCCCCCCCC. The Morgan fingerprint density at radius 3 is 1.04 bits per heavy atom. The molecule has 2 aliphatic rings. The van der Waals surface area contributed by atoms with Gasteiger partial charge >= 0.3 is 0 Å². The van der Waals surface area contributed by atoms with Crippen molar-refractivity contribution < 1.29 is 64.6 Å². The molecular weight excluding hydrogens is 1330 g/mol. The van der Waals surface area contributed by atoms with Gasteiger partial charge in [-0.3, -0.25) is 4.79 Å². The zero-order valence-electron chi connectivity index (χ0n) is 67.7. The Morgan fingerprint density at radius 2 is 0.660 bits per heavy atom. The third-order valence-electron chi connectivity index (χ3n) is 20.9. The second kappa shape index (κ2) is 74.4. The Hall–Kier alpha value is -3.35. The van der Waals surface area contributed by atoms with Crippen molar-refractivity contribution >= 4 is 5.91 Å². The molecule has 0 aromatic heterocycles. The molecule has 1 amide bonds. The summed E-state index contributed by atoms with van der Waals surface area (Å²) < 4.78 is 22.9. The average Bonchev–Trinajstić information content (AvgIpc) is 0.790. The zero-order valence-corrected chi connectivity index (χ0v) is 67.7. The molecule has 0 aromatic rings. The van der Waals surface area contributed by atoms with Crippen molar-refractivity contribution in [1.29, 1.82) is 0 Å². The fourth-order valence-corrected chi connectivity index (χ4v) is 14.1. The van der Waals surface area contributed by atoms with E-state index in [1.807, 2.05) is 6.08 Å². The predicted molar refractivity (Wildman–Crippen MR) is 442 cm³/mol. The second-order valence-electron chi connectivity index (χ2n) is 30.6. The summed E-state index contributed by atoms with van der Waals surface area (Å²) in [6.07, 6.45) is 92.0. The zero-order chi connectivity index (χ0) is 76.5. The van der Waals surface area contributed by atoms with Crippen molar-refractivity contribution in [3.63, 3.8) is 0 Å². The Kier molecular flexibility index (Phi) is 69.3. The molecule has 12 unspecified atom stereocenters. The van der Waals surface area contributed by atoms with E-state index in [0.717, 1.165) is 77.0 Å². The van der Waals surface area contributed by atoms with Gasteiger partial charge in [0.1, 0.15) is 48.8 Å². The molecule has 2 heterocycles. The first-order chi connectivity index (χ1) is 52.1. The van der Waals surface area contributed by atoms with E-state index >= 15 is 0 Å². The van der Waals surface area contributed by atoms with Crippen LogP contribution in [0, 0.1) is 0 Å². The Morgan fingerprint density at radius 1 is 0.349 bits per heavy atom. The van der Waals surface area contributed by atoms with Gasteiger partial charge in [-0.15, -0.1) is 0 Å². The van der Waals surface area contributed by atoms with E-state index < -0.39 is 86.8 Å². The van der Waals surface area contributed by atoms with Crippen LogP contribution in [-0.4, -0.2) is 140 Å². The topological polar surface area (TPSA) is 228 Å². The fraction of sp³-hybridized carbons (Fsp3) is 0.793. The Bertz CT molecular complexity index is 2210. The van der Waals surface area contributed by atoms with Crippen molar-refractivity contribution in [3.8, 4) is 0 Å². The number of aliphatic hydroxyl groups excluding tert-OH is 8. The van der Waals surface area contributed by atoms with Gasteiger partial charge in [0.2, 0.25) is 5.91 Å². The van der Waals surface area contributed by atoms with Gasteiger partial charge in [-0.2, -0.15) is 0 Å². The fourth-order valence-electron chi connectivity index (χ4n) is 14.1. The van der Waals surface area contributed by atoms with Crippen molar-refractivity contribution in [1.82, 2.24) is 5.32 Å². The maximum Gasteiger partial charge on any atom is 0.220 e. The van der Waals surface area contributed by atoms with Gasteiger partial charge in [0.15, 0.2) is 12.6 Å². The normalized spacial score (nSPS) is 21.8. The number of amides is 1. The van der Waals surface area contributed by atoms with E-state index in [0.29, 0.717) is 12.8 Å². The molecule has 0 spiro atoms. The number of hydrogen-bond acceptors (Lipinski definition) is 13. The highest BCUT2D eigenvalue weighted by atomic mass is 16.7. The summed E-state index contributed by atoms with van der Waals surface area (Å²) in [5, 5.41) is 87.8. The first kappa shape index (κ1) is 98.7. The van der Waals surface area contributed by atoms with E-state index in [9.17, 15) is 45.6 Å². The van der Waals surface area contributed by atoms with Crippen LogP contribution >= 0.6 is 0 Å². The molecule has 614 valence electrons. The number of aliphatic hydroxyl groups is 8. The number of allylic oxidation sites excluding steroid dienone is 17. The standard InChI is InChI=1S/C92H163NO13/c1-3-5-7-9-11-13-15-17-19-21-23-25-27-29-31-33-35-36-37-38-39-40-41-42-43-44-46-48-50-52-54-56-58-60-62-64-66-68-70-72-74-76-84(97)93-80(79-103-91-89(102)87(100)90(83(78-95)105-91)106-92-88(101)86(99)85(98)82(77-94)104-92)81(96)75-73-71-69-67-65-63-61-59-57-55-53-51-49-47-45-34-32-30-28-26-24-22-20-18-16-14-12-10-8-6-4-2/h5,7,11,13,17,19,23,25,29,31,35-36,38-39,65,67,73,75,80-83,85-92,94-96,98-102H,3-4,6,8-10,12,14-16,18,20-22,24,26-28,30,32-34,37,40-64,66,68-72,74,76-79H2,1-2H3,(H,93,97)/b7-5-,13-11-,19-17-,25-23-,31-29-,36-35-,39-38-,67-65+,75-73+. The van der Waals surface area contributed by atoms with E-state index in [-0.39, 0.29) is 18.9 Å². The minimum absolute atomic E-state index is 0.245.